The maximum absolute atomic E-state index is 12.8. The van der Waals surface area contributed by atoms with E-state index in [-0.39, 0.29) is 18.4 Å². The zero-order valence-electron chi connectivity index (χ0n) is 22.6. The molecule has 0 unspecified atom stereocenters. The summed E-state index contributed by atoms with van der Waals surface area (Å²) in [6.45, 7) is 11.0. The smallest absolute Gasteiger partial charge is 0.333 e. The first-order chi connectivity index (χ1) is 17.7. The van der Waals surface area contributed by atoms with E-state index in [1.807, 2.05) is 0 Å². The van der Waals surface area contributed by atoms with Crippen molar-refractivity contribution in [1.82, 2.24) is 0 Å². The van der Waals surface area contributed by atoms with Crippen molar-refractivity contribution in [2.24, 2.45) is 17.3 Å². The van der Waals surface area contributed by atoms with E-state index < -0.39 is 77.1 Å². The third-order valence-electron chi connectivity index (χ3n) is 8.12. The third kappa shape index (κ3) is 5.08. The number of fused-ring (bicyclic) bond motifs is 2. The van der Waals surface area contributed by atoms with Crippen LogP contribution in [0.5, 0.6) is 0 Å². The summed E-state index contributed by atoms with van der Waals surface area (Å²) in [5.41, 5.74) is -2.84. The molecule has 0 radical (unpaired) electrons. The van der Waals surface area contributed by atoms with Crippen LogP contribution < -0.4 is 0 Å². The number of aliphatic hydroxyl groups is 1. The first-order valence-corrected chi connectivity index (χ1v) is 12.6. The molecule has 2 aliphatic carbocycles. The number of methoxy groups -OCH3 is 1. The van der Waals surface area contributed by atoms with Gasteiger partial charge in [-0.05, 0) is 38.7 Å². The van der Waals surface area contributed by atoms with Crippen LogP contribution in [0.2, 0.25) is 0 Å². The molecule has 1 saturated carbocycles. The summed E-state index contributed by atoms with van der Waals surface area (Å²) in [6.07, 6.45) is -2.59. The number of ether oxygens (including phenoxy) is 5. The zero-order valence-corrected chi connectivity index (χ0v) is 22.6. The molecule has 1 N–H and O–H groups in total. The highest BCUT2D eigenvalue weighted by molar-refractivity contribution is 5.89. The van der Waals surface area contributed by atoms with Gasteiger partial charge in [0.05, 0.1) is 18.4 Å². The topological polar surface area (TPSA) is 152 Å². The van der Waals surface area contributed by atoms with Gasteiger partial charge in [0, 0.05) is 32.3 Å². The predicted octanol–water partition coefficient (Wildman–Crippen LogP) is 1.94. The van der Waals surface area contributed by atoms with Gasteiger partial charge in [0.25, 0.3) is 0 Å². The van der Waals surface area contributed by atoms with Crippen LogP contribution in [-0.2, 0) is 47.7 Å². The van der Waals surface area contributed by atoms with Crippen molar-refractivity contribution in [3.05, 3.63) is 23.8 Å². The number of hydrogen-bond donors (Lipinski definition) is 1. The number of carbonyl (C=O) groups excluding carboxylic acids is 5. The molecule has 1 saturated heterocycles. The Kier molecular flexibility index (Phi) is 8.40. The first-order valence-electron chi connectivity index (χ1n) is 12.6. The van der Waals surface area contributed by atoms with E-state index >= 15 is 0 Å². The van der Waals surface area contributed by atoms with Gasteiger partial charge in [0.1, 0.15) is 18.3 Å². The van der Waals surface area contributed by atoms with Gasteiger partial charge in [0.2, 0.25) is 0 Å². The van der Waals surface area contributed by atoms with Gasteiger partial charge in [-0.1, -0.05) is 19.1 Å². The molecule has 38 heavy (non-hydrogen) atoms. The Labute approximate surface area is 221 Å². The molecule has 3 rings (SSSR count). The minimum Gasteiger partial charge on any atom is -0.466 e. The first kappa shape index (κ1) is 29.3. The largest absolute Gasteiger partial charge is 0.466 e. The van der Waals surface area contributed by atoms with Crippen LogP contribution in [0.4, 0.5) is 0 Å². The van der Waals surface area contributed by atoms with Crippen molar-refractivity contribution >= 4 is 29.8 Å². The van der Waals surface area contributed by atoms with Crippen molar-refractivity contribution in [2.75, 3.05) is 7.11 Å². The summed E-state index contributed by atoms with van der Waals surface area (Å²) in [7, 11) is 1.18. The summed E-state index contributed by atoms with van der Waals surface area (Å²) in [5.74, 6) is -5.58. The van der Waals surface area contributed by atoms with Crippen molar-refractivity contribution in [2.45, 2.75) is 90.3 Å². The quantitative estimate of drug-likeness (QED) is 0.319. The van der Waals surface area contributed by atoms with Crippen molar-refractivity contribution in [3.8, 4) is 0 Å². The average molecular weight is 537 g/mol. The molecule has 0 aromatic carbocycles. The molecule has 0 aromatic rings. The average Bonchev–Trinajstić information content (AvgIpc) is 3.04. The van der Waals surface area contributed by atoms with E-state index in [2.05, 4.69) is 6.58 Å². The second kappa shape index (κ2) is 10.9. The van der Waals surface area contributed by atoms with Crippen LogP contribution in [0.15, 0.2) is 23.8 Å². The third-order valence-corrected chi connectivity index (χ3v) is 8.12. The molecule has 0 spiro atoms. The molecular weight excluding hydrogens is 500 g/mol. The monoisotopic (exact) mass is 536 g/mol. The maximum atomic E-state index is 12.8. The molecule has 11 nitrogen and oxygen atoms in total. The molecule has 1 heterocycles. The van der Waals surface area contributed by atoms with E-state index in [9.17, 15) is 29.1 Å². The molecule has 3 aliphatic rings. The normalized spacial score (nSPS) is 37.0. The fraction of sp³-hybridized carbons (Fsp3) is 0.667. The van der Waals surface area contributed by atoms with E-state index in [0.717, 1.165) is 6.92 Å². The Morgan fingerprint density at radius 2 is 1.53 bits per heavy atom. The van der Waals surface area contributed by atoms with Gasteiger partial charge in [-0.3, -0.25) is 19.2 Å². The van der Waals surface area contributed by atoms with Crippen molar-refractivity contribution in [3.63, 3.8) is 0 Å². The molecule has 11 heteroatoms. The highest BCUT2D eigenvalue weighted by Crippen LogP contribution is 2.56. The lowest BCUT2D eigenvalue weighted by atomic mass is 9.55. The van der Waals surface area contributed by atoms with Crippen LogP contribution in [0.25, 0.3) is 0 Å². The summed E-state index contributed by atoms with van der Waals surface area (Å²) >= 11 is 0. The molecule has 210 valence electrons. The van der Waals surface area contributed by atoms with Crippen molar-refractivity contribution in [1.29, 1.82) is 0 Å². The highest BCUT2D eigenvalue weighted by atomic mass is 16.6. The second-order valence-corrected chi connectivity index (χ2v) is 10.5. The lowest BCUT2D eigenvalue weighted by Gasteiger charge is -2.55. The maximum Gasteiger partial charge on any atom is 0.333 e. The number of esters is 5. The van der Waals surface area contributed by atoms with E-state index in [0.29, 0.717) is 18.4 Å². The van der Waals surface area contributed by atoms with Gasteiger partial charge in [-0.15, -0.1) is 0 Å². The fourth-order valence-electron chi connectivity index (χ4n) is 6.25. The Balaban J connectivity index is 2.38. The van der Waals surface area contributed by atoms with Crippen LogP contribution in [0, 0.1) is 17.3 Å². The van der Waals surface area contributed by atoms with Gasteiger partial charge in [-0.25, -0.2) is 4.79 Å². The summed E-state index contributed by atoms with van der Waals surface area (Å²) in [5, 5.41) is 12.3. The van der Waals surface area contributed by atoms with Crippen LogP contribution in [-0.4, -0.2) is 72.1 Å². The van der Waals surface area contributed by atoms with E-state index in [4.69, 9.17) is 23.7 Å². The SMILES string of the molecule is C=C1CC[C@H](OC(C)=O)[C@]2(C)[C@@H](OC(C)=O)CCC(C(=O)OC)=C[C@@H]3OC(=O)[C@H](C)[C@@]3(O)[C@@H](OC(C)=O)[C@@H]12. The second-order valence-electron chi connectivity index (χ2n) is 10.5. The van der Waals surface area contributed by atoms with E-state index in [1.165, 1.54) is 34.0 Å². The summed E-state index contributed by atoms with van der Waals surface area (Å²) < 4.78 is 27.7. The summed E-state index contributed by atoms with van der Waals surface area (Å²) in [4.78, 5) is 62.5. The molecule has 0 aromatic heterocycles. The van der Waals surface area contributed by atoms with Crippen LogP contribution in [0.1, 0.15) is 60.3 Å². The molecule has 8 atom stereocenters. The van der Waals surface area contributed by atoms with E-state index in [1.54, 1.807) is 6.92 Å². The highest BCUT2D eigenvalue weighted by Gasteiger charge is 2.67. The number of rotatable bonds is 4. The lowest BCUT2D eigenvalue weighted by Crippen LogP contribution is -2.65. The lowest BCUT2D eigenvalue weighted by molar-refractivity contribution is -0.219. The molecular formula is C27H36O11. The standard InChI is InChI=1S/C27H36O11/c1-13-8-10-19(35-15(3)28)26(6)20(36-16(4)29)11-9-18(25(32)34-7)12-21-27(33,14(2)24(31)38-21)23(22(13)26)37-17(5)30/h12,14,19-23,33H,1,8-11H2,2-7H3/t14-,19-,20-,21-,22+,23-,26+,27-/m0/s1. The number of carbonyl (C=O) groups is 5. The fourth-order valence-corrected chi connectivity index (χ4v) is 6.25. The van der Waals surface area contributed by atoms with Gasteiger partial charge in [0.15, 0.2) is 11.7 Å². The number of hydrogen-bond acceptors (Lipinski definition) is 11. The minimum atomic E-state index is -2.16. The summed E-state index contributed by atoms with van der Waals surface area (Å²) in [6, 6.07) is 0. The predicted molar refractivity (Wildman–Crippen MR) is 130 cm³/mol. The Morgan fingerprint density at radius 3 is 2.03 bits per heavy atom. The molecule has 0 bridgehead atoms. The van der Waals surface area contributed by atoms with Gasteiger partial charge in [-0.2, -0.15) is 0 Å². The van der Waals surface area contributed by atoms with Crippen molar-refractivity contribution < 1.29 is 52.8 Å². The molecule has 0 amide bonds. The molecule has 1 aliphatic heterocycles. The minimum absolute atomic E-state index is 0.0168. The van der Waals surface area contributed by atoms with Gasteiger partial charge < -0.3 is 28.8 Å². The Hall–Kier alpha value is -3.21. The van der Waals surface area contributed by atoms with Gasteiger partial charge >= 0.3 is 29.8 Å². The van der Waals surface area contributed by atoms with Crippen LogP contribution >= 0.6 is 0 Å². The molecule has 2 fully saturated rings. The Bertz CT molecular complexity index is 1060. The zero-order chi connectivity index (χ0) is 28.6. The Morgan fingerprint density at radius 1 is 1.00 bits per heavy atom. The van der Waals surface area contributed by atoms with Crippen LogP contribution in [0.3, 0.4) is 0 Å².